The maximum Gasteiger partial charge on any atom is 0.0949 e. The second-order valence-electron chi connectivity index (χ2n) is 6.05. The lowest BCUT2D eigenvalue weighted by Gasteiger charge is -2.34. The average molecular weight is 296 g/mol. The fourth-order valence-electron chi connectivity index (χ4n) is 3.44. The van der Waals surface area contributed by atoms with Gasteiger partial charge in [0.15, 0.2) is 0 Å². The van der Waals surface area contributed by atoms with Crippen molar-refractivity contribution < 1.29 is 5.11 Å². The Morgan fingerprint density at radius 3 is 3.14 bits per heavy atom. The third-order valence-electron chi connectivity index (χ3n) is 4.71. The summed E-state index contributed by atoms with van der Waals surface area (Å²) in [5.41, 5.74) is 4.83. The maximum absolute atomic E-state index is 9.79. The Morgan fingerprint density at radius 2 is 2.27 bits per heavy atom. The van der Waals surface area contributed by atoms with Gasteiger partial charge in [0, 0.05) is 55.4 Å². The minimum atomic E-state index is 0.150. The molecule has 0 saturated heterocycles. The Morgan fingerprint density at radius 1 is 1.36 bits per heavy atom. The summed E-state index contributed by atoms with van der Waals surface area (Å²) in [7, 11) is 2.02. The molecule has 5 heteroatoms. The van der Waals surface area contributed by atoms with Crippen molar-refractivity contribution in [1.82, 2.24) is 19.4 Å². The van der Waals surface area contributed by atoms with Gasteiger partial charge in [0.25, 0.3) is 0 Å². The highest BCUT2D eigenvalue weighted by Gasteiger charge is 2.28. The van der Waals surface area contributed by atoms with E-state index in [1.54, 1.807) is 0 Å². The number of aliphatic hydroxyl groups excluding tert-OH is 1. The molecule has 0 unspecified atom stereocenters. The number of hydrogen-bond acceptors (Lipinski definition) is 3. The Bertz CT molecular complexity index is 804. The number of nitrogens with zero attached hydrogens (tertiary/aromatic N) is 3. The Kier molecular flexibility index (Phi) is 3.24. The van der Waals surface area contributed by atoms with Gasteiger partial charge in [0.1, 0.15) is 0 Å². The summed E-state index contributed by atoms with van der Waals surface area (Å²) in [5.74, 6) is 0. The first kappa shape index (κ1) is 13.5. The zero-order chi connectivity index (χ0) is 15.1. The number of aliphatic hydroxyl groups is 1. The van der Waals surface area contributed by atoms with Gasteiger partial charge >= 0.3 is 0 Å². The topological polar surface area (TPSA) is 57.1 Å². The summed E-state index contributed by atoms with van der Waals surface area (Å²) in [6, 6.07) is 8.61. The minimum Gasteiger partial charge on any atom is -0.395 e. The van der Waals surface area contributed by atoms with E-state index < -0.39 is 0 Å². The maximum atomic E-state index is 9.79. The molecule has 0 bridgehead atoms. The highest BCUT2D eigenvalue weighted by atomic mass is 16.3. The fourth-order valence-corrected chi connectivity index (χ4v) is 3.44. The van der Waals surface area contributed by atoms with Gasteiger partial charge in [-0.1, -0.05) is 12.1 Å². The van der Waals surface area contributed by atoms with E-state index in [1.807, 2.05) is 19.6 Å². The smallest absolute Gasteiger partial charge is 0.0949 e. The predicted molar refractivity (Wildman–Crippen MR) is 85.3 cm³/mol. The number of aromatic nitrogens is 3. The molecule has 114 valence electrons. The SMILES string of the molecule is Cn1cnc2c1C[C@@H](CO)N(Cc1cccc3[nH]ccc13)C2. The lowest BCUT2D eigenvalue weighted by atomic mass is 10.0. The highest BCUT2D eigenvalue weighted by Crippen LogP contribution is 2.26. The van der Waals surface area contributed by atoms with E-state index in [0.717, 1.165) is 30.7 Å². The lowest BCUT2D eigenvalue weighted by Crippen LogP contribution is -2.42. The standard InChI is InChI=1S/C17H20N4O/c1-20-11-19-16-9-21(13(10-22)7-17(16)20)8-12-3-2-4-15-14(12)5-6-18-15/h2-6,11,13,18,22H,7-10H2,1H3/t13-/m0/s1. The van der Waals surface area contributed by atoms with E-state index in [2.05, 4.69) is 43.7 Å². The molecule has 0 aliphatic carbocycles. The van der Waals surface area contributed by atoms with Gasteiger partial charge in [-0.15, -0.1) is 0 Å². The molecule has 22 heavy (non-hydrogen) atoms. The number of aryl methyl sites for hydroxylation is 1. The molecule has 1 aromatic carbocycles. The molecule has 1 aliphatic heterocycles. The summed E-state index contributed by atoms with van der Waals surface area (Å²) in [5, 5.41) is 11.0. The van der Waals surface area contributed by atoms with Gasteiger partial charge in [-0.2, -0.15) is 0 Å². The third-order valence-corrected chi connectivity index (χ3v) is 4.71. The molecule has 3 aromatic rings. The van der Waals surface area contributed by atoms with Crippen LogP contribution < -0.4 is 0 Å². The Balaban J connectivity index is 1.66. The van der Waals surface area contributed by atoms with Crippen LogP contribution >= 0.6 is 0 Å². The molecule has 5 nitrogen and oxygen atoms in total. The van der Waals surface area contributed by atoms with Crippen LogP contribution in [0.25, 0.3) is 10.9 Å². The summed E-state index contributed by atoms with van der Waals surface area (Å²) in [6.45, 7) is 1.80. The quantitative estimate of drug-likeness (QED) is 0.775. The van der Waals surface area contributed by atoms with Crippen LogP contribution in [-0.2, 0) is 26.6 Å². The number of imidazole rings is 1. The number of benzene rings is 1. The van der Waals surface area contributed by atoms with Gasteiger partial charge in [0.2, 0.25) is 0 Å². The van der Waals surface area contributed by atoms with Crippen molar-refractivity contribution in [3.8, 4) is 0 Å². The van der Waals surface area contributed by atoms with Gasteiger partial charge in [-0.25, -0.2) is 4.98 Å². The van der Waals surface area contributed by atoms with E-state index in [-0.39, 0.29) is 12.6 Å². The second kappa shape index (κ2) is 5.26. The number of aromatic amines is 1. The van der Waals surface area contributed by atoms with E-state index in [9.17, 15) is 5.11 Å². The molecule has 0 saturated carbocycles. The molecule has 0 amide bonds. The van der Waals surface area contributed by atoms with E-state index in [4.69, 9.17) is 0 Å². The minimum absolute atomic E-state index is 0.150. The molecule has 2 aromatic heterocycles. The first-order chi connectivity index (χ1) is 10.8. The largest absolute Gasteiger partial charge is 0.395 e. The first-order valence-electron chi connectivity index (χ1n) is 7.65. The van der Waals surface area contributed by atoms with Crippen LogP contribution in [0.2, 0.25) is 0 Å². The molecule has 3 heterocycles. The molecule has 4 rings (SSSR count). The van der Waals surface area contributed by atoms with Crippen LogP contribution in [-0.4, -0.2) is 37.2 Å². The molecular weight excluding hydrogens is 276 g/mol. The Labute approximate surface area is 129 Å². The van der Waals surface area contributed by atoms with E-state index >= 15 is 0 Å². The van der Waals surface area contributed by atoms with Gasteiger partial charge < -0.3 is 14.7 Å². The number of rotatable bonds is 3. The Hall–Kier alpha value is -2.11. The van der Waals surface area contributed by atoms with E-state index in [0.29, 0.717) is 0 Å². The van der Waals surface area contributed by atoms with Crippen molar-refractivity contribution >= 4 is 10.9 Å². The van der Waals surface area contributed by atoms with Crippen molar-refractivity contribution in [2.75, 3.05) is 6.61 Å². The molecule has 0 spiro atoms. The average Bonchev–Trinajstić information content (AvgIpc) is 3.14. The normalized spacial score (nSPS) is 18.7. The molecule has 0 fully saturated rings. The molecule has 2 N–H and O–H groups in total. The number of fused-ring (bicyclic) bond motifs is 2. The van der Waals surface area contributed by atoms with Crippen LogP contribution in [0.3, 0.4) is 0 Å². The monoisotopic (exact) mass is 296 g/mol. The third kappa shape index (κ3) is 2.14. The zero-order valence-electron chi connectivity index (χ0n) is 12.7. The van der Waals surface area contributed by atoms with Gasteiger partial charge in [0.05, 0.1) is 18.6 Å². The van der Waals surface area contributed by atoms with Crippen LogP contribution in [0.4, 0.5) is 0 Å². The number of nitrogens with one attached hydrogen (secondary N) is 1. The van der Waals surface area contributed by atoms with Crippen molar-refractivity contribution in [3.05, 3.63) is 53.7 Å². The molecule has 0 radical (unpaired) electrons. The summed E-state index contributed by atoms with van der Waals surface area (Å²) in [4.78, 5) is 10.1. The van der Waals surface area contributed by atoms with Crippen molar-refractivity contribution in [1.29, 1.82) is 0 Å². The van der Waals surface area contributed by atoms with Crippen LogP contribution in [0.1, 0.15) is 17.0 Å². The summed E-state index contributed by atoms with van der Waals surface area (Å²) in [6.07, 6.45) is 4.70. The number of hydrogen-bond donors (Lipinski definition) is 2. The zero-order valence-corrected chi connectivity index (χ0v) is 12.7. The summed E-state index contributed by atoms with van der Waals surface area (Å²) < 4.78 is 2.07. The lowest BCUT2D eigenvalue weighted by molar-refractivity contribution is 0.0971. The molecule has 1 atom stereocenters. The molecular formula is C17H20N4O. The van der Waals surface area contributed by atoms with E-state index in [1.165, 1.54) is 16.6 Å². The van der Waals surface area contributed by atoms with Gasteiger partial charge in [-0.3, -0.25) is 4.90 Å². The van der Waals surface area contributed by atoms with Crippen molar-refractivity contribution in [2.24, 2.45) is 7.05 Å². The fraction of sp³-hybridized carbons (Fsp3) is 0.353. The van der Waals surface area contributed by atoms with Gasteiger partial charge in [-0.05, 0) is 17.7 Å². The second-order valence-corrected chi connectivity index (χ2v) is 6.05. The predicted octanol–water partition coefficient (Wildman–Crippen LogP) is 1.82. The number of H-pyrrole nitrogens is 1. The molecule has 1 aliphatic rings. The van der Waals surface area contributed by atoms with Crippen LogP contribution in [0.5, 0.6) is 0 Å². The van der Waals surface area contributed by atoms with Crippen LogP contribution in [0, 0.1) is 0 Å². The summed E-state index contributed by atoms with van der Waals surface area (Å²) >= 11 is 0. The van der Waals surface area contributed by atoms with Crippen molar-refractivity contribution in [3.63, 3.8) is 0 Å². The highest BCUT2D eigenvalue weighted by molar-refractivity contribution is 5.82. The first-order valence-corrected chi connectivity index (χ1v) is 7.65. The van der Waals surface area contributed by atoms with Crippen LogP contribution in [0.15, 0.2) is 36.8 Å². The van der Waals surface area contributed by atoms with Crippen molar-refractivity contribution in [2.45, 2.75) is 25.6 Å².